The molecule has 2 amide bonds. The number of ether oxygens (including phenoxy) is 3. The smallest absolute Gasteiger partial charge is 0.261 e. The van der Waals surface area contributed by atoms with E-state index in [-0.39, 0.29) is 31.0 Å². The average molecular weight is 493 g/mol. The van der Waals surface area contributed by atoms with E-state index in [0.717, 1.165) is 10.0 Å². The minimum Gasteiger partial charge on any atom is -0.496 e. The number of rotatable bonds is 10. The van der Waals surface area contributed by atoms with Gasteiger partial charge in [-0.15, -0.1) is 0 Å². The molecule has 1 unspecified atom stereocenters. The zero-order valence-corrected chi connectivity index (χ0v) is 20.1. The Morgan fingerprint density at radius 3 is 2.03 bits per heavy atom. The van der Waals surface area contributed by atoms with Crippen molar-refractivity contribution in [3.63, 3.8) is 0 Å². The van der Waals surface area contributed by atoms with E-state index in [1.807, 2.05) is 38.1 Å². The lowest BCUT2D eigenvalue weighted by Crippen LogP contribution is -2.50. The number of amides is 2. The van der Waals surface area contributed by atoms with Crippen LogP contribution < -0.4 is 19.5 Å². The van der Waals surface area contributed by atoms with Crippen LogP contribution in [0.4, 0.5) is 0 Å². The fourth-order valence-electron chi connectivity index (χ4n) is 2.87. The van der Waals surface area contributed by atoms with Gasteiger partial charge in [0, 0.05) is 35.3 Å². The number of carbonyl (C=O) groups is 2. The summed E-state index contributed by atoms with van der Waals surface area (Å²) in [5.74, 6) is 1.02. The highest BCUT2D eigenvalue weighted by molar-refractivity contribution is 9.10. The van der Waals surface area contributed by atoms with E-state index in [9.17, 15) is 9.59 Å². The van der Waals surface area contributed by atoms with Gasteiger partial charge >= 0.3 is 0 Å². The number of benzene rings is 2. The summed E-state index contributed by atoms with van der Waals surface area (Å²) in [4.78, 5) is 27.2. The Morgan fingerprint density at radius 2 is 1.52 bits per heavy atom. The lowest BCUT2D eigenvalue weighted by atomic mass is 10.1. The van der Waals surface area contributed by atoms with Crippen molar-refractivity contribution in [1.29, 1.82) is 0 Å². The number of carbonyl (C=O) groups excluding carboxylic acids is 2. The lowest BCUT2D eigenvalue weighted by molar-refractivity contribution is -0.142. The Labute approximate surface area is 191 Å². The molecule has 0 heterocycles. The molecule has 168 valence electrons. The maximum atomic E-state index is 13.1. The Morgan fingerprint density at radius 1 is 0.968 bits per heavy atom. The number of nitrogens with zero attached hydrogens (tertiary/aromatic N) is 1. The van der Waals surface area contributed by atoms with Crippen LogP contribution in [-0.4, -0.2) is 49.6 Å². The van der Waals surface area contributed by atoms with E-state index in [2.05, 4.69) is 21.2 Å². The zero-order valence-electron chi connectivity index (χ0n) is 18.5. The van der Waals surface area contributed by atoms with E-state index in [4.69, 9.17) is 14.2 Å². The molecular weight excluding hydrogens is 464 g/mol. The van der Waals surface area contributed by atoms with Crippen molar-refractivity contribution >= 4 is 27.7 Å². The average Bonchev–Trinajstić information content (AvgIpc) is 2.75. The molecule has 0 saturated heterocycles. The van der Waals surface area contributed by atoms with Crippen LogP contribution in [0.2, 0.25) is 0 Å². The molecule has 2 aromatic carbocycles. The topological polar surface area (TPSA) is 77.1 Å². The van der Waals surface area contributed by atoms with Gasteiger partial charge < -0.3 is 24.4 Å². The monoisotopic (exact) mass is 492 g/mol. The van der Waals surface area contributed by atoms with Gasteiger partial charge in [-0.05, 0) is 38.5 Å². The van der Waals surface area contributed by atoms with Gasteiger partial charge in [0.05, 0.1) is 14.2 Å². The van der Waals surface area contributed by atoms with Crippen LogP contribution in [0.25, 0.3) is 0 Å². The van der Waals surface area contributed by atoms with E-state index < -0.39 is 6.04 Å². The third-order valence-corrected chi connectivity index (χ3v) is 5.08. The van der Waals surface area contributed by atoms with Crippen molar-refractivity contribution in [2.24, 2.45) is 0 Å². The van der Waals surface area contributed by atoms with Crippen LogP contribution >= 0.6 is 15.9 Å². The summed E-state index contributed by atoms with van der Waals surface area (Å²) in [7, 11) is 3.08. The molecule has 2 rings (SSSR count). The highest BCUT2D eigenvalue weighted by Gasteiger charge is 2.27. The largest absolute Gasteiger partial charge is 0.496 e. The van der Waals surface area contributed by atoms with Gasteiger partial charge in [-0.3, -0.25) is 9.59 Å². The van der Waals surface area contributed by atoms with Crippen LogP contribution in [0.15, 0.2) is 46.9 Å². The van der Waals surface area contributed by atoms with Gasteiger partial charge in [0.25, 0.3) is 5.91 Å². The van der Waals surface area contributed by atoms with Gasteiger partial charge in [-0.25, -0.2) is 0 Å². The highest BCUT2D eigenvalue weighted by Crippen LogP contribution is 2.27. The molecule has 0 aromatic heterocycles. The minimum atomic E-state index is -0.665. The van der Waals surface area contributed by atoms with Crippen LogP contribution in [-0.2, 0) is 16.1 Å². The van der Waals surface area contributed by atoms with Gasteiger partial charge in [0.15, 0.2) is 6.61 Å². The summed E-state index contributed by atoms with van der Waals surface area (Å²) in [5, 5.41) is 2.86. The number of hydrogen-bond acceptors (Lipinski definition) is 5. The Balaban J connectivity index is 2.18. The van der Waals surface area contributed by atoms with Crippen LogP contribution in [0.1, 0.15) is 26.3 Å². The molecule has 8 heteroatoms. The van der Waals surface area contributed by atoms with E-state index >= 15 is 0 Å². The Hall–Kier alpha value is -2.74. The van der Waals surface area contributed by atoms with Crippen molar-refractivity contribution in [3.8, 4) is 17.2 Å². The van der Waals surface area contributed by atoms with Crippen molar-refractivity contribution in [2.75, 3.05) is 20.8 Å². The molecule has 7 nitrogen and oxygen atoms in total. The number of hydrogen-bond donors (Lipinski definition) is 1. The molecule has 0 aliphatic heterocycles. The first kappa shape index (κ1) is 24.5. The fourth-order valence-corrected chi connectivity index (χ4v) is 3.13. The van der Waals surface area contributed by atoms with Crippen LogP contribution in [0, 0.1) is 0 Å². The number of methoxy groups -OCH3 is 2. The highest BCUT2D eigenvalue weighted by atomic mass is 79.9. The first-order valence-corrected chi connectivity index (χ1v) is 10.7. The van der Waals surface area contributed by atoms with Gasteiger partial charge in [0.2, 0.25) is 5.91 Å². The second-order valence-corrected chi connectivity index (χ2v) is 8.24. The fraction of sp³-hybridized carbons (Fsp3) is 0.391. The van der Waals surface area contributed by atoms with Gasteiger partial charge in [-0.2, -0.15) is 0 Å². The first-order chi connectivity index (χ1) is 14.7. The summed E-state index contributed by atoms with van der Waals surface area (Å²) < 4.78 is 17.1. The molecule has 31 heavy (non-hydrogen) atoms. The SMILES string of the molecule is COc1cc(OC)cc(OCC(=O)N(Cc2ccc(Br)cc2)C(C)C(=O)NC(C)C)c1. The minimum absolute atomic E-state index is 0.0277. The van der Waals surface area contributed by atoms with Crippen molar-refractivity contribution in [3.05, 3.63) is 52.5 Å². The van der Waals surface area contributed by atoms with Gasteiger partial charge in [-0.1, -0.05) is 28.1 Å². The molecule has 2 aromatic rings. The Bertz CT molecular complexity index is 864. The lowest BCUT2D eigenvalue weighted by Gasteiger charge is -2.29. The molecule has 0 aliphatic carbocycles. The van der Waals surface area contributed by atoms with Crippen molar-refractivity contribution < 1.29 is 23.8 Å². The van der Waals surface area contributed by atoms with Crippen LogP contribution in [0.5, 0.6) is 17.2 Å². The normalized spacial score (nSPS) is 11.6. The zero-order chi connectivity index (χ0) is 23.0. The molecule has 1 atom stereocenters. The summed E-state index contributed by atoms with van der Waals surface area (Å²) in [5.41, 5.74) is 0.906. The molecule has 0 spiro atoms. The maximum absolute atomic E-state index is 13.1. The molecule has 0 saturated carbocycles. The molecule has 0 fully saturated rings. The van der Waals surface area contributed by atoms with Crippen molar-refractivity contribution in [2.45, 2.75) is 39.4 Å². The maximum Gasteiger partial charge on any atom is 0.261 e. The number of nitrogens with one attached hydrogen (secondary N) is 1. The quantitative estimate of drug-likeness (QED) is 0.545. The third-order valence-electron chi connectivity index (χ3n) is 4.55. The standard InChI is InChI=1S/C23H29BrN2O5/c1-15(2)25-23(28)16(3)26(13-17-6-8-18(24)9-7-17)22(27)14-31-21-11-19(29-4)10-20(12-21)30-5/h6-12,15-16H,13-14H2,1-5H3,(H,25,28). The second kappa shape index (κ2) is 11.6. The predicted octanol–water partition coefficient (Wildman–Crippen LogP) is 3.79. The molecule has 1 N–H and O–H groups in total. The molecule has 0 bridgehead atoms. The van der Waals surface area contributed by atoms with Gasteiger partial charge in [0.1, 0.15) is 23.3 Å². The number of halogens is 1. The van der Waals surface area contributed by atoms with E-state index in [0.29, 0.717) is 17.2 Å². The summed E-state index contributed by atoms with van der Waals surface area (Å²) in [6.07, 6.45) is 0. The summed E-state index contributed by atoms with van der Waals surface area (Å²) in [6.45, 7) is 5.52. The Kier molecular flexibility index (Phi) is 9.18. The second-order valence-electron chi connectivity index (χ2n) is 7.32. The molecular formula is C23H29BrN2O5. The van der Waals surface area contributed by atoms with Crippen molar-refractivity contribution in [1.82, 2.24) is 10.2 Å². The molecule has 0 radical (unpaired) electrons. The van der Waals surface area contributed by atoms with E-state index in [1.54, 1.807) is 39.3 Å². The first-order valence-electron chi connectivity index (χ1n) is 9.93. The van der Waals surface area contributed by atoms with E-state index in [1.165, 1.54) is 4.90 Å². The van der Waals surface area contributed by atoms with Crippen LogP contribution in [0.3, 0.4) is 0 Å². The molecule has 0 aliphatic rings. The summed E-state index contributed by atoms with van der Waals surface area (Å²) in [6, 6.07) is 12.0. The summed E-state index contributed by atoms with van der Waals surface area (Å²) >= 11 is 3.41. The predicted molar refractivity (Wildman–Crippen MR) is 122 cm³/mol. The third kappa shape index (κ3) is 7.47.